The summed E-state index contributed by atoms with van der Waals surface area (Å²) >= 11 is 6.51. The lowest BCUT2D eigenvalue weighted by molar-refractivity contribution is -0.127. The first-order chi connectivity index (χ1) is 15.9. The first-order valence-corrected chi connectivity index (χ1v) is 11.4. The Morgan fingerprint density at radius 2 is 1.85 bits per heavy atom. The molecule has 0 radical (unpaired) electrons. The van der Waals surface area contributed by atoms with Crippen molar-refractivity contribution in [2.24, 2.45) is 0 Å². The van der Waals surface area contributed by atoms with Gasteiger partial charge in [-0.3, -0.25) is 9.59 Å². The van der Waals surface area contributed by atoms with E-state index < -0.39 is 6.10 Å². The van der Waals surface area contributed by atoms with E-state index in [0.717, 1.165) is 18.7 Å². The van der Waals surface area contributed by atoms with Crippen molar-refractivity contribution in [2.45, 2.75) is 32.8 Å². The molecule has 1 aliphatic heterocycles. The van der Waals surface area contributed by atoms with Gasteiger partial charge in [0.25, 0.3) is 11.9 Å². The number of imidazole rings is 1. The van der Waals surface area contributed by atoms with Gasteiger partial charge in [0.15, 0.2) is 11.8 Å². The third-order valence-corrected chi connectivity index (χ3v) is 5.76. The minimum absolute atomic E-state index is 0.149. The van der Waals surface area contributed by atoms with Crippen LogP contribution in [-0.2, 0) is 9.59 Å². The molecule has 0 bridgehead atoms. The van der Waals surface area contributed by atoms with E-state index in [4.69, 9.17) is 16.3 Å². The fourth-order valence-corrected chi connectivity index (χ4v) is 4.01. The van der Waals surface area contributed by atoms with Crippen LogP contribution in [0.4, 0.5) is 5.69 Å². The highest BCUT2D eigenvalue weighted by atomic mass is 35.5. The van der Waals surface area contributed by atoms with Gasteiger partial charge in [-0.2, -0.15) is 4.98 Å². The second kappa shape index (κ2) is 10.1. The van der Waals surface area contributed by atoms with Gasteiger partial charge in [0.1, 0.15) is 0 Å². The number of hydrogen-bond donors (Lipinski definition) is 3. The zero-order valence-corrected chi connectivity index (χ0v) is 19.4. The van der Waals surface area contributed by atoms with Gasteiger partial charge in [-0.25, -0.2) is 4.98 Å². The van der Waals surface area contributed by atoms with Crippen LogP contribution in [0.5, 0.6) is 6.01 Å². The van der Waals surface area contributed by atoms with Gasteiger partial charge >= 0.3 is 0 Å². The van der Waals surface area contributed by atoms with Gasteiger partial charge < -0.3 is 25.3 Å². The summed E-state index contributed by atoms with van der Waals surface area (Å²) in [5.74, 6) is -0.463. The molecule has 1 aliphatic rings. The van der Waals surface area contributed by atoms with Crippen LogP contribution < -0.4 is 20.3 Å². The maximum atomic E-state index is 12.2. The fraction of sp³-hybridized carbons (Fsp3) is 0.391. The summed E-state index contributed by atoms with van der Waals surface area (Å²) in [4.78, 5) is 37.4. The molecule has 1 aromatic carbocycles. The lowest BCUT2D eigenvalue weighted by Crippen LogP contribution is -2.40. The molecule has 9 nitrogen and oxygen atoms in total. The molecule has 2 aromatic heterocycles. The van der Waals surface area contributed by atoms with Crippen molar-refractivity contribution in [2.75, 3.05) is 31.1 Å². The maximum absolute atomic E-state index is 12.2. The van der Waals surface area contributed by atoms with Crippen LogP contribution in [0.1, 0.15) is 26.7 Å². The summed E-state index contributed by atoms with van der Waals surface area (Å²) in [6, 6.07) is 10.2. The van der Waals surface area contributed by atoms with Crippen LogP contribution in [0.3, 0.4) is 0 Å². The van der Waals surface area contributed by atoms with E-state index in [1.807, 2.05) is 12.1 Å². The zero-order chi connectivity index (χ0) is 23.4. The summed E-state index contributed by atoms with van der Waals surface area (Å²) in [5.41, 5.74) is 3.81. The number of amides is 2. The largest absolute Gasteiger partial charge is 0.452 e. The monoisotopic (exact) mass is 470 g/mol. The molecule has 1 fully saturated rings. The average Bonchev–Trinajstić information content (AvgIpc) is 3.45. The number of fused-ring (bicyclic) bond motifs is 1. The Balaban J connectivity index is 1.44. The summed E-state index contributed by atoms with van der Waals surface area (Å²) < 4.78 is 5.64. The van der Waals surface area contributed by atoms with Crippen LogP contribution in [0.2, 0.25) is 5.02 Å². The number of pyridine rings is 1. The summed E-state index contributed by atoms with van der Waals surface area (Å²) in [6.07, 6.45) is 1.68. The van der Waals surface area contributed by atoms with Crippen molar-refractivity contribution < 1.29 is 14.3 Å². The third kappa shape index (κ3) is 5.54. The van der Waals surface area contributed by atoms with Gasteiger partial charge in [0, 0.05) is 44.4 Å². The summed E-state index contributed by atoms with van der Waals surface area (Å²) in [6.45, 7) is 5.88. The van der Waals surface area contributed by atoms with Crippen LogP contribution in [0, 0.1) is 0 Å². The fourth-order valence-electron chi connectivity index (χ4n) is 3.75. The normalized spacial score (nSPS) is 14.3. The molecular weight excluding hydrogens is 444 g/mol. The number of halogens is 1. The highest BCUT2D eigenvalue weighted by Crippen LogP contribution is 2.31. The van der Waals surface area contributed by atoms with E-state index in [1.165, 1.54) is 25.5 Å². The third-order valence-electron chi connectivity index (χ3n) is 5.47. The molecule has 33 heavy (non-hydrogen) atoms. The number of hydrogen-bond acceptors (Lipinski definition) is 6. The molecule has 2 amide bonds. The number of carbonyl (C=O) groups is 2. The molecule has 1 saturated heterocycles. The lowest BCUT2D eigenvalue weighted by Gasteiger charge is -2.17. The number of aromatic amines is 1. The van der Waals surface area contributed by atoms with Gasteiger partial charge in [-0.15, -0.1) is 0 Å². The van der Waals surface area contributed by atoms with Gasteiger partial charge in [-0.1, -0.05) is 23.7 Å². The maximum Gasteiger partial charge on any atom is 0.296 e. The number of aromatic nitrogens is 3. The highest BCUT2D eigenvalue weighted by molar-refractivity contribution is 6.33. The van der Waals surface area contributed by atoms with Gasteiger partial charge in [0.05, 0.1) is 16.2 Å². The average molecular weight is 471 g/mol. The minimum Gasteiger partial charge on any atom is -0.452 e. The Morgan fingerprint density at radius 1 is 1.15 bits per heavy atom. The molecule has 0 saturated carbocycles. The standard InChI is InChI=1S/C23H27ClN6O3/c1-14(22(32)26-10-9-25-15(2)31)33-23-27-19-13-18(24)20(28-21(19)29-23)16-5-7-17(8-6-16)30-11-3-4-12-30/h5-8,13-14H,3-4,9-12H2,1-2H3,(H,25,31)(H,26,32)(H,27,28,29). The number of H-pyrrole nitrogens is 1. The van der Waals surface area contributed by atoms with Crippen molar-refractivity contribution in [3.8, 4) is 17.3 Å². The lowest BCUT2D eigenvalue weighted by atomic mass is 10.1. The molecule has 0 aliphatic carbocycles. The molecule has 174 valence electrons. The minimum atomic E-state index is -0.782. The summed E-state index contributed by atoms with van der Waals surface area (Å²) in [7, 11) is 0. The molecule has 3 aromatic rings. The van der Waals surface area contributed by atoms with Crippen molar-refractivity contribution in [3.05, 3.63) is 35.4 Å². The Hall–Kier alpha value is -3.33. The number of anilines is 1. The van der Waals surface area contributed by atoms with E-state index in [-0.39, 0.29) is 17.8 Å². The number of carbonyl (C=O) groups excluding carboxylic acids is 2. The number of nitrogens with one attached hydrogen (secondary N) is 3. The smallest absolute Gasteiger partial charge is 0.296 e. The molecular formula is C23H27ClN6O3. The number of rotatable bonds is 8. The van der Waals surface area contributed by atoms with Crippen molar-refractivity contribution in [1.82, 2.24) is 25.6 Å². The van der Waals surface area contributed by atoms with Crippen LogP contribution >= 0.6 is 11.6 Å². The molecule has 3 N–H and O–H groups in total. The van der Waals surface area contributed by atoms with Crippen molar-refractivity contribution >= 4 is 40.3 Å². The van der Waals surface area contributed by atoms with Crippen LogP contribution in [0.25, 0.3) is 22.4 Å². The number of benzene rings is 1. The Kier molecular flexibility index (Phi) is 6.98. The number of nitrogens with zero attached hydrogens (tertiary/aromatic N) is 3. The Morgan fingerprint density at radius 3 is 2.55 bits per heavy atom. The van der Waals surface area contributed by atoms with Crippen LogP contribution in [-0.4, -0.2) is 59.0 Å². The van der Waals surface area contributed by atoms with Crippen molar-refractivity contribution in [1.29, 1.82) is 0 Å². The van der Waals surface area contributed by atoms with Gasteiger partial charge in [-0.05, 0) is 38.0 Å². The zero-order valence-electron chi connectivity index (χ0n) is 18.7. The molecule has 1 atom stereocenters. The number of ether oxygens (including phenoxy) is 1. The highest BCUT2D eigenvalue weighted by Gasteiger charge is 2.18. The topological polar surface area (TPSA) is 112 Å². The van der Waals surface area contributed by atoms with E-state index in [1.54, 1.807) is 13.0 Å². The first kappa shape index (κ1) is 22.8. The summed E-state index contributed by atoms with van der Waals surface area (Å²) in [5, 5.41) is 5.80. The van der Waals surface area contributed by atoms with E-state index in [9.17, 15) is 9.59 Å². The second-order valence-corrected chi connectivity index (χ2v) is 8.41. The van der Waals surface area contributed by atoms with Gasteiger partial charge in [0.2, 0.25) is 5.91 Å². The quantitative estimate of drug-likeness (QED) is 0.436. The Bertz CT molecular complexity index is 1140. The van der Waals surface area contributed by atoms with E-state index in [0.29, 0.717) is 35.0 Å². The second-order valence-electron chi connectivity index (χ2n) is 8.01. The molecule has 1 unspecified atom stereocenters. The molecule has 3 heterocycles. The molecule has 0 spiro atoms. The van der Waals surface area contributed by atoms with Crippen LogP contribution in [0.15, 0.2) is 30.3 Å². The SMILES string of the molecule is CC(=O)NCCNC(=O)C(C)Oc1nc2nc(-c3ccc(N4CCCC4)cc3)c(Cl)cc2[nH]1. The predicted molar refractivity (Wildman–Crippen MR) is 128 cm³/mol. The molecule has 4 rings (SSSR count). The van der Waals surface area contributed by atoms with E-state index >= 15 is 0 Å². The predicted octanol–water partition coefficient (Wildman–Crippen LogP) is 2.90. The Labute approximate surface area is 196 Å². The van der Waals surface area contributed by atoms with E-state index in [2.05, 4.69) is 42.6 Å². The van der Waals surface area contributed by atoms with Crippen molar-refractivity contribution in [3.63, 3.8) is 0 Å². The molecule has 10 heteroatoms. The first-order valence-electron chi connectivity index (χ1n) is 11.0.